The molecule has 2 atom stereocenters. The van der Waals surface area contributed by atoms with Gasteiger partial charge in [0.25, 0.3) is 0 Å². The van der Waals surface area contributed by atoms with E-state index in [1.54, 1.807) is 11.3 Å². The molecule has 0 spiro atoms. The first kappa shape index (κ1) is 17.2. The van der Waals surface area contributed by atoms with E-state index >= 15 is 0 Å². The Labute approximate surface area is 136 Å². The van der Waals surface area contributed by atoms with Crippen molar-refractivity contribution in [3.8, 4) is 0 Å². The molecule has 1 aromatic heterocycles. The number of thiazole rings is 1. The van der Waals surface area contributed by atoms with E-state index in [1.165, 1.54) is 4.88 Å². The van der Waals surface area contributed by atoms with E-state index in [-0.39, 0.29) is 12.1 Å². The standard InChI is InChI=1S/C16H27N3O2S/c1-5-13-9-18-14(22-13)10-17-11-6-7-12(8-11)19-15(20)21-16(2,3)4/h9,11-12,17H,5-8,10H2,1-4H3,(H,19,20). The van der Waals surface area contributed by atoms with E-state index in [0.29, 0.717) is 6.04 Å². The van der Waals surface area contributed by atoms with Crippen LogP contribution in [0.15, 0.2) is 6.20 Å². The van der Waals surface area contributed by atoms with Gasteiger partial charge in [0.05, 0.1) is 0 Å². The first-order chi connectivity index (χ1) is 10.4. The van der Waals surface area contributed by atoms with Crippen LogP contribution in [0.1, 0.15) is 56.8 Å². The molecule has 1 aliphatic rings. The number of nitrogens with one attached hydrogen (secondary N) is 2. The Morgan fingerprint density at radius 1 is 1.41 bits per heavy atom. The molecule has 2 unspecified atom stereocenters. The number of hydrogen-bond acceptors (Lipinski definition) is 5. The molecule has 1 heterocycles. The molecule has 22 heavy (non-hydrogen) atoms. The zero-order valence-electron chi connectivity index (χ0n) is 13.9. The monoisotopic (exact) mass is 325 g/mol. The van der Waals surface area contributed by atoms with Crippen molar-refractivity contribution in [2.24, 2.45) is 0 Å². The van der Waals surface area contributed by atoms with E-state index in [9.17, 15) is 4.79 Å². The van der Waals surface area contributed by atoms with Crippen LogP contribution < -0.4 is 10.6 Å². The van der Waals surface area contributed by atoms with E-state index in [0.717, 1.165) is 37.2 Å². The van der Waals surface area contributed by atoms with Gasteiger partial charge >= 0.3 is 6.09 Å². The molecule has 2 N–H and O–H groups in total. The maximum atomic E-state index is 11.8. The highest BCUT2D eigenvalue weighted by atomic mass is 32.1. The number of hydrogen-bond donors (Lipinski definition) is 2. The molecular formula is C16H27N3O2S. The van der Waals surface area contributed by atoms with Crippen LogP contribution >= 0.6 is 11.3 Å². The van der Waals surface area contributed by atoms with E-state index in [1.807, 2.05) is 27.0 Å². The second-order valence-corrected chi connectivity index (χ2v) is 8.01. The topological polar surface area (TPSA) is 63.2 Å². The highest BCUT2D eigenvalue weighted by molar-refractivity contribution is 7.11. The largest absolute Gasteiger partial charge is 0.444 e. The Balaban J connectivity index is 1.70. The Kier molecular flexibility index (Phi) is 5.81. The van der Waals surface area contributed by atoms with E-state index < -0.39 is 5.60 Å². The normalized spacial score (nSPS) is 21.8. The van der Waals surface area contributed by atoms with Crippen LogP contribution in [0.25, 0.3) is 0 Å². The molecule has 1 saturated carbocycles. The number of aromatic nitrogens is 1. The first-order valence-electron chi connectivity index (χ1n) is 8.02. The van der Waals surface area contributed by atoms with Gasteiger partial charge < -0.3 is 15.4 Å². The molecule has 0 bridgehead atoms. The summed E-state index contributed by atoms with van der Waals surface area (Å²) in [6, 6.07) is 0.642. The van der Waals surface area contributed by atoms with Gasteiger partial charge in [0.1, 0.15) is 10.6 Å². The van der Waals surface area contributed by atoms with Crippen molar-refractivity contribution in [2.45, 2.75) is 77.6 Å². The van der Waals surface area contributed by atoms with Crippen molar-refractivity contribution in [3.05, 3.63) is 16.1 Å². The number of ether oxygens (including phenoxy) is 1. The fraction of sp³-hybridized carbons (Fsp3) is 0.750. The number of alkyl carbamates (subject to hydrolysis) is 1. The summed E-state index contributed by atoms with van der Waals surface area (Å²) in [5.74, 6) is 0. The van der Waals surface area contributed by atoms with Gasteiger partial charge in [-0.05, 0) is 46.5 Å². The van der Waals surface area contributed by atoms with Crippen LogP contribution in [0, 0.1) is 0 Å². The van der Waals surface area contributed by atoms with Gasteiger partial charge in [-0.15, -0.1) is 11.3 Å². The zero-order valence-corrected chi connectivity index (χ0v) is 14.8. The third kappa shape index (κ3) is 5.57. The van der Waals surface area contributed by atoms with Crippen LogP contribution in [0.3, 0.4) is 0 Å². The Hall–Kier alpha value is -1.14. The van der Waals surface area contributed by atoms with E-state index in [4.69, 9.17) is 4.74 Å². The summed E-state index contributed by atoms with van der Waals surface area (Å²) >= 11 is 1.77. The quantitative estimate of drug-likeness (QED) is 0.872. The molecule has 1 aliphatic carbocycles. The lowest BCUT2D eigenvalue weighted by Gasteiger charge is -2.21. The van der Waals surface area contributed by atoms with Gasteiger partial charge in [-0.3, -0.25) is 0 Å². The number of carbonyl (C=O) groups excluding carboxylic acids is 1. The highest BCUT2D eigenvalue weighted by Gasteiger charge is 2.27. The Morgan fingerprint density at radius 3 is 2.77 bits per heavy atom. The molecule has 124 valence electrons. The average molecular weight is 325 g/mol. The summed E-state index contributed by atoms with van der Waals surface area (Å²) in [7, 11) is 0. The van der Waals surface area contributed by atoms with Crippen molar-refractivity contribution in [1.29, 1.82) is 0 Å². The van der Waals surface area contributed by atoms with Gasteiger partial charge in [0.15, 0.2) is 0 Å². The van der Waals surface area contributed by atoms with Crippen molar-refractivity contribution in [1.82, 2.24) is 15.6 Å². The summed E-state index contributed by atoms with van der Waals surface area (Å²) in [6.07, 6.45) is 5.71. The first-order valence-corrected chi connectivity index (χ1v) is 8.84. The Morgan fingerprint density at radius 2 is 2.14 bits per heavy atom. The van der Waals surface area contributed by atoms with Crippen molar-refractivity contribution in [3.63, 3.8) is 0 Å². The fourth-order valence-corrected chi connectivity index (χ4v) is 3.41. The van der Waals surface area contributed by atoms with Gasteiger partial charge in [-0.25, -0.2) is 9.78 Å². The number of carbonyl (C=O) groups is 1. The lowest BCUT2D eigenvalue weighted by Crippen LogP contribution is -2.38. The zero-order chi connectivity index (χ0) is 16.2. The minimum atomic E-state index is -0.442. The van der Waals surface area contributed by atoms with E-state index in [2.05, 4.69) is 22.5 Å². The molecule has 2 rings (SSSR count). The molecule has 1 amide bonds. The molecule has 1 aromatic rings. The van der Waals surface area contributed by atoms with Crippen LogP contribution in [0.5, 0.6) is 0 Å². The highest BCUT2D eigenvalue weighted by Crippen LogP contribution is 2.21. The second kappa shape index (κ2) is 7.42. The van der Waals surface area contributed by atoms with Crippen LogP contribution in [0.2, 0.25) is 0 Å². The molecule has 0 saturated heterocycles. The van der Waals surface area contributed by atoms with Gasteiger partial charge in [-0.2, -0.15) is 0 Å². The minimum Gasteiger partial charge on any atom is -0.444 e. The third-order valence-corrected chi connectivity index (χ3v) is 4.79. The van der Waals surface area contributed by atoms with Crippen LogP contribution in [-0.4, -0.2) is 28.8 Å². The second-order valence-electron chi connectivity index (χ2n) is 6.81. The summed E-state index contributed by atoms with van der Waals surface area (Å²) in [5.41, 5.74) is -0.442. The number of aryl methyl sites for hydroxylation is 1. The van der Waals surface area contributed by atoms with Gasteiger partial charge in [0, 0.05) is 29.7 Å². The molecular weight excluding hydrogens is 298 g/mol. The maximum Gasteiger partial charge on any atom is 0.407 e. The number of amides is 1. The summed E-state index contributed by atoms with van der Waals surface area (Å²) in [4.78, 5) is 17.5. The summed E-state index contributed by atoms with van der Waals surface area (Å²) in [5, 5.41) is 7.64. The number of rotatable bonds is 5. The minimum absolute atomic E-state index is 0.204. The number of nitrogens with zero attached hydrogens (tertiary/aromatic N) is 1. The lowest BCUT2D eigenvalue weighted by atomic mass is 10.2. The molecule has 6 heteroatoms. The maximum absolute atomic E-state index is 11.8. The summed E-state index contributed by atoms with van der Waals surface area (Å²) < 4.78 is 5.30. The van der Waals surface area contributed by atoms with Crippen molar-refractivity contribution in [2.75, 3.05) is 0 Å². The average Bonchev–Trinajstić information content (AvgIpc) is 3.02. The van der Waals surface area contributed by atoms with Gasteiger partial charge in [0.2, 0.25) is 0 Å². The van der Waals surface area contributed by atoms with Crippen molar-refractivity contribution >= 4 is 17.4 Å². The SMILES string of the molecule is CCc1cnc(CNC2CCC(NC(=O)OC(C)(C)C)C2)s1. The fourth-order valence-electron chi connectivity index (χ4n) is 2.60. The van der Waals surface area contributed by atoms with Crippen molar-refractivity contribution < 1.29 is 9.53 Å². The van der Waals surface area contributed by atoms with Gasteiger partial charge in [-0.1, -0.05) is 6.92 Å². The summed E-state index contributed by atoms with van der Waals surface area (Å²) in [6.45, 7) is 8.60. The lowest BCUT2D eigenvalue weighted by molar-refractivity contribution is 0.0505. The molecule has 0 aromatic carbocycles. The Bertz CT molecular complexity index is 496. The molecule has 0 radical (unpaired) electrons. The van der Waals surface area contributed by atoms with Crippen LogP contribution in [0.4, 0.5) is 4.79 Å². The molecule has 5 nitrogen and oxygen atoms in total. The van der Waals surface area contributed by atoms with Crippen LogP contribution in [-0.2, 0) is 17.7 Å². The predicted molar refractivity (Wildman–Crippen MR) is 89.1 cm³/mol. The predicted octanol–water partition coefficient (Wildman–Crippen LogP) is 3.24. The smallest absolute Gasteiger partial charge is 0.407 e. The molecule has 0 aliphatic heterocycles. The molecule has 1 fully saturated rings. The third-order valence-electron chi connectivity index (χ3n) is 3.65.